The topological polar surface area (TPSA) is 52.3 Å². The molecule has 1 fully saturated rings. The second-order valence-corrected chi connectivity index (χ2v) is 3.19. The van der Waals surface area contributed by atoms with Crippen LogP contribution in [-0.4, -0.2) is 24.0 Å². The predicted molar refractivity (Wildman–Crippen MR) is 44.7 cm³/mol. The maximum atomic E-state index is 10.9. The first-order valence-electron chi connectivity index (χ1n) is 4.31. The average Bonchev–Trinajstić information content (AvgIpc) is 2.75. The number of ketones is 1. The number of carbonyl (C=O) groups excluding carboxylic acids is 1. The van der Waals surface area contributed by atoms with Gasteiger partial charge in [0.15, 0.2) is 11.7 Å². The van der Waals surface area contributed by atoms with Crippen molar-refractivity contribution in [3.63, 3.8) is 0 Å². The van der Waals surface area contributed by atoms with Crippen LogP contribution in [0.15, 0.2) is 10.7 Å². The lowest BCUT2D eigenvalue weighted by atomic mass is 10.1. The first-order valence-corrected chi connectivity index (χ1v) is 4.31. The number of hydrogen-bond acceptors (Lipinski definition) is 4. The quantitative estimate of drug-likeness (QED) is 0.647. The Morgan fingerprint density at radius 3 is 3.08 bits per heavy atom. The molecule has 1 aromatic rings. The van der Waals surface area contributed by atoms with Gasteiger partial charge in [0.25, 0.3) is 0 Å². The molecular weight excluding hydrogens is 170 g/mol. The Morgan fingerprint density at radius 2 is 2.54 bits per heavy atom. The van der Waals surface area contributed by atoms with Gasteiger partial charge in [-0.1, -0.05) is 0 Å². The van der Waals surface area contributed by atoms with Crippen LogP contribution >= 0.6 is 0 Å². The average molecular weight is 181 g/mol. The highest BCUT2D eigenvalue weighted by atomic mass is 16.5. The van der Waals surface area contributed by atoms with Gasteiger partial charge in [0.2, 0.25) is 0 Å². The van der Waals surface area contributed by atoms with Crippen molar-refractivity contribution in [3.8, 4) is 0 Å². The van der Waals surface area contributed by atoms with Crippen molar-refractivity contribution in [1.29, 1.82) is 0 Å². The molecule has 1 unspecified atom stereocenters. The number of carbonyl (C=O) groups is 1. The Hall–Kier alpha value is -1.16. The fourth-order valence-electron chi connectivity index (χ4n) is 1.37. The van der Waals surface area contributed by atoms with Crippen LogP contribution < -0.4 is 0 Å². The maximum Gasteiger partial charge on any atom is 0.200 e. The number of Topliss-reactive ketones (excluding diaryl/α,β-unsaturated/α-hetero) is 1. The van der Waals surface area contributed by atoms with Crippen molar-refractivity contribution in [2.45, 2.75) is 19.3 Å². The van der Waals surface area contributed by atoms with E-state index in [1.54, 1.807) is 0 Å². The molecule has 0 amide bonds. The normalized spacial score (nSPS) is 22.1. The fraction of sp³-hybridized carbons (Fsp3) is 0.556. The van der Waals surface area contributed by atoms with Crippen LogP contribution in [0.25, 0.3) is 0 Å². The van der Waals surface area contributed by atoms with Crippen LogP contribution in [0.4, 0.5) is 0 Å². The molecule has 0 aromatic carbocycles. The molecule has 13 heavy (non-hydrogen) atoms. The molecule has 1 aliphatic heterocycles. The molecule has 1 saturated heterocycles. The summed E-state index contributed by atoms with van der Waals surface area (Å²) < 4.78 is 10.4. The van der Waals surface area contributed by atoms with Crippen molar-refractivity contribution in [1.82, 2.24) is 4.98 Å². The van der Waals surface area contributed by atoms with Crippen LogP contribution in [0.1, 0.15) is 35.6 Å². The number of nitrogens with zero attached hydrogens (tertiary/aromatic N) is 1. The highest BCUT2D eigenvalue weighted by molar-refractivity contribution is 5.91. The van der Waals surface area contributed by atoms with Crippen molar-refractivity contribution in [3.05, 3.63) is 17.8 Å². The molecule has 0 radical (unpaired) electrons. The SMILES string of the molecule is CC(=O)c1coc(C2CCOC2)n1. The third-order valence-corrected chi connectivity index (χ3v) is 2.16. The number of hydrogen-bond donors (Lipinski definition) is 0. The summed E-state index contributed by atoms with van der Waals surface area (Å²) in [6, 6.07) is 0. The summed E-state index contributed by atoms with van der Waals surface area (Å²) in [5.41, 5.74) is 0.405. The molecule has 0 N–H and O–H groups in total. The first kappa shape index (κ1) is 8.44. The molecular formula is C9H11NO3. The van der Waals surface area contributed by atoms with Gasteiger partial charge in [0.1, 0.15) is 12.0 Å². The molecule has 2 rings (SSSR count). The maximum absolute atomic E-state index is 10.9. The van der Waals surface area contributed by atoms with E-state index in [-0.39, 0.29) is 11.7 Å². The van der Waals surface area contributed by atoms with E-state index >= 15 is 0 Å². The van der Waals surface area contributed by atoms with Crippen LogP contribution in [-0.2, 0) is 4.74 Å². The van der Waals surface area contributed by atoms with Gasteiger partial charge < -0.3 is 9.15 Å². The fourth-order valence-corrected chi connectivity index (χ4v) is 1.37. The predicted octanol–water partition coefficient (Wildman–Crippen LogP) is 1.38. The molecule has 0 aliphatic carbocycles. The van der Waals surface area contributed by atoms with E-state index in [0.717, 1.165) is 13.0 Å². The zero-order valence-electron chi connectivity index (χ0n) is 7.45. The van der Waals surface area contributed by atoms with Crippen molar-refractivity contribution in [2.24, 2.45) is 0 Å². The van der Waals surface area contributed by atoms with Crippen molar-refractivity contribution in [2.75, 3.05) is 13.2 Å². The number of ether oxygens (including phenoxy) is 1. The lowest BCUT2D eigenvalue weighted by molar-refractivity contribution is 0.101. The van der Waals surface area contributed by atoms with E-state index in [4.69, 9.17) is 9.15 Å². The summed E-state index contributed by atoms with van der Waals surface area (Å²) in [5, 5.41) is 0. The smallest absolute Gasteiger partial charge is 0.200 e. The van der Waals surface area contributed by atoms with Crippen LogP contribution in [0.5, 0.6) is 0 Å². The van der Waals surface area contributed by atoms with Crippen LogP contribution in [0, 0.1) is 0 Å². The Bertz CT molecular complexity index is 312. The third kappa shape index (κ3) is 1.62. The minimum Gasteiger partial charge on any atom is -0.448 e. The zero-order valence-corrected chi connectivity index (χ0v) is 7.45. The zero-order chi connectivity index (χ0) is 9.26. The third-order valence-electron chi connectivity index (χ3n) is 2.16. The number of rotatable bonds is 2. The largest absolute Gasteiger partial charge is 0.448 e. The van der Waals surface area contributed by atoms with Gasteiger partial charge in [-0.25, -0.2) is 4.98 Å². The van der Waals surface area contributed by atoms with Gasteiger partial charge in [0, 0.05) is 13.5 Å². The van der Waals surface area contributed by atoms with Gasteiger partial charge in [-0.3, -0.25) is 4.79 Å². The summed E-state index contributed by atoms with van der Waals surface area (Å²) in [6.45, 7) is 2.88. The Morgan fingerprint density at radius 1 is 1.69 bits per heavy atom. The molecule has 4 nitrogen and oxygen atoms in total. The molecule has 0 spiro atoms. The lowest BCUT2D eigenvalue weighted by Crippen LogP contribution is -1.99. The highest BCUT2D eigenvalue weighted by Crippen LogP contribution is 2.24. The Balaban J connectivity index is 2.16. The van der Waals surface area contributed by atoms with Crippen LogP contribution in [0.3, 0.4) is 0 Å². The molecule has 0 bridgehead atoms. The van der Waals surface area contributed by atoms with E-state index < -0.39 is 0 Å². The Kier molecular flexibility index (Phi) is 2.14. The monoisotopic (exact) mass is 181 g/mol. The molecule has 2 heterocycles. The minimum atomic E-state index is -0.0612. The van der Waals surface area contributed by atoms with Gasteiger partial charge in [0.05, 0.1) is 12.5 Å². The van der Waals surface area contributed by atoms with Gasteiger partial charge >= 0.3 is 0 Å². The second kappa shape index (κ2) is 3.30. The standard InChI is InChI=1S/C9H11NO3/c1-6(11)8-5-13-9(10-8)7-2-3-12-4-7/h5,7H,2-4H2,1H3. The first-order chi connectivity index (χ1) is 6.27. The molecule has 1 aliphatic rings. The van der Waals surface area contributed by atoms with E-state index in [2.05, 4.69) is 4.98 Å². The van der Waals surface area contributed by atoms with Crippen molar-refractivity contribution < 1.29 is 13.9 Å². The van der Waals surface area contributed by atoms with E-state index in [0.29, 0.717) is 18.2 Å². The Labute approximate surface area is 75.9 Å². The molecule has 1 atom stereocenters. The molecule has 1 aromatic heterocycles. The van der Waals surface area contributed by atoms with Gasteiger partial charge in [-0.15, -0.1) is 0 Å². The van der Waals surface area contributed by atoms with E-state index in [9.17, 15) is 4.79 Å². The second-order valence-electron chi connectivity index (χ2n) is 3.19. The molecule has 4 heteroatoms. The lowest BCUT2D eigenvalue weighted by Gasteiger charge is -1.98. The summed E-state index contributed by atoms with van der Waals surface area (Å²) in [6.07, 6.45) is 2.34. The molecule has 70 valence electrons. The summed E-state index contributed by atoms with van der Waals surface area (Å²) in [7, 11) is 0. The van der Waals surface area contributed by atoms with Crippen LogP contribution in [0.2, 0.25) is 0 Å². The summed E-state index contributed by atoms with van der Waals surface area (Å²) in [4.78, 5) is 15.0. The van der Waals surface area contributed by atoms with E-state index in [1.807, 2.05) is 0 Å². The van der Waals surface area contributed by atoms with E-state index in [1.165, 1.54) is 13.2 Å². The van der Waals surface area contributed by atoms with Gasteiger partial charge in [-0.2, -0.15) is 0 Å². The summed E-state index contributed by atoms with van der Waals surface area (Å²) >= 11 is 0. The number of oxazole rings is 1. The summed E-state index contributed by atoms with van der Waals surface area (Å²) in [5.74, 6) is 0.796. The number of aromatic nitrogens is 1. The van der Waals surface area contributed by atoms with Gasteiger partial charge in [-0.05, 0) is 6.42 Å². The minimum absolute atomic E-state index is 0.0612. The van der Waals surface area contributed by atoms with Crippen molar-refractivity contribution >= 4 is 5.78 Å². The molecule has 0 saturated carbocycles. The highest BCUT2D eigenvalue weighted by Gasteiger charge is 2.23.